The second kappa shape index (κ2) is 25.0. The number of benzene rings is 4. The second-order valence-corrected chi connectivity index (χ2v) is 30.7. The molecule has 2 saturated heterocycles. The minimum Gasteiger partial charge on any atom is -0.444 e. The molecule has 2 aliphatic heterocycles. The summed E-state index contributed by atoms with van der Waals surface area (Å²) in [6.45, 7) is 16.8. The van der Waals surface area contributed by atoms with Crippen LogP contribution < -0.4 is 32.3 Å². The van der Waals surface area contributed by atoms with Crippen molar-refractivity contribution in [3.63, 3.8) is 0 Å². The molecule has 19 heteroatoms. The number of likely N-dealkylation sites (N-methyl/N-ethyl adjacent to an activating group) is 1. The second-order valence-electron chi connectivity index (χ2n) is 25.7. The summed E-state index contributed by atoms with van der Waals surface area (Å²) in [6.07, 6.45) is 5.23. The summed E-state index contributed by atoms with van der Waals surface area (Å²) >= 11 is 0. The first-order chi connectivity index (χ1) is 38.7. The number of nitrogens with zero attached hydrogens (tertiary/aromatic N) is 3. The van der Waals surface area contributed by atoms with E-state index in [2.05, 4.69) is 51.8 Å². The number of aryl methyl sites for hydroxylation is 2. The summed E-state index contributed by atoms with van der Waals surface area (Å²) in [4.78, 5) is 116. The van der Waals surface area contributed by atoms with Crippen molar-refractivity contribution < 1.29 is 43.1 Å². The van der Waals surface area contributed by atoms with E-state index in [4.69, 9.17) is 10.5 Å². The van der Waals surface area contributed by atoms with Crippen LogP contribution in [0, 0.1) is 5.41 Å². The van der Waals surface area contributed by atoms with Crippen LogP contribution >= 0.6 is 0 Å². The van der Waals surface area contributed by atoms with E-state index in [-0.39, 0.29) is 60.3 Å². The van der Waals surface area contributed by atoms with E-state index in [1.165, 1.54) is 52.2 Å². The average Bonchev–Trinajstić information content (AvgIpc) is 4.03. The molecule has 4 aromatic rings. The maximum Gasteiger partial charge on any atom is 0.410 e. The monoisotopic (exact) mass is 1140 g/mol. The third kappa shape index (κ3) is 14.6. The number of ether oxygens (including phenoxy) is 1. The normalized spacial score (nSPS) is 21.3. The summed E-state index contributed by atoms with van der Waals surface area (Å²) in [5.41, 5.74) is 11.3. The first-order valence-electron chi connectivity index (χ1n) is 28.9. The van der Waals surface area contributed by atoms with Crippen LogP contribution in [0.5, 0.6) is 0 Å². The Labute approximate surface area is 483 Å². The molecule has 8 rings (SSSR count). The van der Waals surface area contributed by atoms with E-state index in [0.717, 1.165) is 49.7 Å². The minimum absolute atomic E-state index is 0.0387. The van der Waals surface area contributed by atoms with Crippen LogP contribution in [0.25, 0.3) is 0 Å². The van der Waals surface area contributed by atoms with E-state index in [1.807, 2.05) is 57.2 Å². The van der Waals surface area contributed by atoms with Crippen LogP contribution in [0.15, 0.2) is 97.1 Å². The number of fused-ring (bicyclic) bond motifs is 2. The lowest BCUT2D eigenvalue weighted by Gasteiger charge is -2.33. The van der Waals surface area contributed by atoms with Crippen molar-refractivity contribution in [1.29, 1.82) is 0 Å². The maximum atomic E-state index is 15.0. The number of hydrogen-bond donors (Lipinski definition) is 6. The zero-order chi connectivity index (χ0) is 59.4. The Kier molecular flexibility index (Phi) is 18.5. The minimum atomic E-state index is -2.11. The Morgan fingerprint density at radius 1 is 0.695 bits per heavy atom. The third-order valence-electron chi connectivity index (χ3n) is 16.4. The molecule has 4 aliphatic rings. The SMILES string of the molecule is C[C@@H](C(=O)N[C@@H](Cc1ccc(NC(=O)c2ccc(C(=O)N[C@H]3C[C@@H](C(=O)N[C@@H]4CCCc5ccccc54)N(C(=O)[C@@H](N)C(C)(C)C)C3)cc2)cc1)C(=O)N1C[Si](C)(C)C[C@H]1C(=O)N[C@@H]1CCCc2ccccc21)N(C)C(=O)OC(C)(C)C. The molecule has 2 aliphatic carbocycles. The number of anilines is 1. The van der Waals surface area contributed by atoms with Gasteiger partial charge < -0.3 is 46.9 Å². The van der Waals surface area contributed by atoms with Gasteiger partial charge in [0.05, 0.1) is 26.2 Å². The van der Waals surface area contributed by atoms with Crippen molar-refractivity contribution in [3.05, 3.63) is 136 Å². The van der Waals surface area contributed by atoms with E-state index in [9.17, 15) is 38.4 Å². The molecular formula is C63H83N9O9Si. The van der Waals surface area contributed by atoms with Crippen molar-refractivity contribution in [1.82, 2.24) is 36.0 Å². The lowest BCUT2D eigenvalue weighted by molar-refractivity contribution is -0.141. The Morgan fingerprint density at radius 2 is 1.23 bits per heavy atom. The fourth-order valence-electron chi connectivity index (χ4n) is 11.6. The summed E-state index contributed by atoms with van der Waals surface area (Å²) in [6, 6.07) is 24.2. The largest absolute Gasteiger partial charge is 0.444 e. The highest BCUT2D eigenvalue weighted by Gasteiger charge is 2.48. The van der Waals surface area contributed by atoms with Gasteiger partial charge in [-0.3, -0.25) is 38.5 Å². The Bertz CT molecular complexity index is 3050. The van der Waals surface area contributed by atoms with Gasteiger partial charge in [0, 0.05) is 49.0 Å². The van der Waals surface area contributed by atoms with E-state index < -0.39 is 85.1 Å². The summed E-state index contributed by atoms with van der Waals surface area (Å²) in [5, 5.41) is 15.3. The van der Waals surface area contributed by atoms with Crippen molar-refractivity contribution >= 4 is 61.2 Å². The molecule has 7 N–H and O–H groups in total. The van der Waals surface area contributed by atoms with Crippen LogP contribution in [0.3, 0.4) is 0 Å². The number of carbonyl (C=O) groups is 8. The zero-order valence-electron chi connectivity index (χ0n) is 49.2. The van der Waals surface area contributed by atoms with Crippen LogP contribution in [-0.2, 0) is 48.0 Å². The molecule has 438 valence electrons. The van der Waals surface area contributed by atoms with Crippen molar-refractivity contribution in [2.45, 2.75) is 173 Å². The first-order valence-corrected chi connectivity index (χ1v) is 32.3. The predicted molar refractivity (Wildman–Crippen MR) is 317 cm³/mol. The molecule has 4 aromatic carbocycles. The molecule has 8 amide bonds. The van der Waals surface area contributed by atoms with Gasteiger partial charge in [-0.05, 0) is 148 Å². The van der Waals surface area contributed by atoms with E-state index in [1.54, 1.807) is 56.9 Å². The predicted octanol–water partition coefficient (Wildman–Crippen LogP) is 7.14. The standard InChI is InChI=1S/C63H83N9O9Si/c1-38(70(8)61(80)81-63(5,6)7)54(73)69-50(59(78)72-37-82(9,10)36-52(72)58(77)68-49-24-16-20-41-18-12-14-22-47(41)49)33-39-25-31-44(32-26-39)65-55(74)42-27-29-43(30-28-42)56(75)66-45-34-51(71(35-45)60(79)53(64)62(2,3)4)57(76)67-48-23-15-19-40-17-11-13-21-46(40)48/h11-14,17-18,21-22,25-32,38,45,48-53H,15-16,19-20,23-24,33-37,64H2,1-10H3,(H,65,74)(H,66,75)(H,67,76)(H,68,77)(H,69,73)/t38-,45-,48+,49+,50-,51-,52-,53+/m0/s1. The molecule has 0 bridgehead atoms. The molecule has 0 radical (unpaired) electrons. The van der Waals surface area contributed by atoms with Gasteiger partial charge in [-0.25, -0.2) is 4.79 Å². The number of hydrogen-bond acceptors (Lipinski definition) is 10. The summed E-state index contributed by atoms with van der Waals surface area (Å²) < 4.78 is 5.53. The highest BCUT2D eigenvalue weighted by molar-refractivity contribution is 6.79. The van der Waals surface area contributed by atoms with Crippen molar-refractivity contribution in [3.8, 4) is 0 Å². The van der Waals surface area contributed by atoms with Gasteiger partial charge in [0.15, 0.2) is 0 Å². The molecule has 8 atom stereocenters. The van der Waals surface area contributed by atoms with Gasteiger partial charge in [0.25, 0.3) is 11.8 Å². The molecule has 2 fully saturated rings. The number of nitrogens with two attached hydrogens (primary N) is 1. The molecule has 0 aromatic heterocycles. The zero-order valence-corrected chi connectivity index (χ0v) is 50.2. The molecule has 2 heterocycles. The lowest BCUT2D eigenvalue weighted by Crippen LogP contribution is -2.57. The van der Waals surface area contributed by atoms with Gasteiger partial charge >= 0.3 is 6.09 Å². The Morgan fingerprint density at radius 3 is 1.78 bits per heavy atom. The Balaban J connectivity index is 0.925. The first kappa shape index (κ1) is 60.7. The lowest BCUT2D eigenvalue weighted by atomic mass is 9.86. The molecular weight excluding hydrogens is 1050 g/mol. The number of likely N-dealkylation sites (tertiary alicyclic amines) is 1. The Hall–Kier alpha value is -7.38. The van der Waals surface area contributed by atoms with Gasteiger partial charge in [-0.15, -0.1) is 0 Å². The van der Waals surface area contributed by atoms with Gasteiger partial charge in [0.1, 0.15) is 29.8 Å². The average molecular weight is 1140 g/mol. The number of nitrogens with one attached hydrogen (secondary N) is 5. The van der Waals surface area contributed by atoms with Gasteiger partial charge in [-0.2, -0.15) is 0 Å². The molecule has 0 saturated carbocycles. The highest BCUT2D eigenvalue weighted by Crippen LogP contribution is 2.34. The van der Waals surface area contributed by atoms with E-state index in [0.29, 0.717) is 23.5 Å². The number of amides is 8. The number of carbonyl (C=O) groups excluding carboxylic acids is 8. The third-order valence-corrected chi connectivity index (χ3v) is 19.1. The van der Waals surface area contributed by atoms with Crippen LogP contribution in [-0.4, -0.2) is 132 Å². The molecule has 0 unspecified atom stereocenters. The summed E-state index contributed by atoms with van der Waals surface area (Å²) in [5.74, 6) is -2.75. The highest BCUT2D eigenvalue weighted by atomic mass is 28.3. The van der Waals surface area contributed by atoms with Crippen LogP contribution in [0.1, 0.15) is 141 Å². The van der Waals surface area contributed by atoms with E-state index >= 15 is 0 Å². The molecule has 18 nitrogen and oxygen atoms in total. The quantitative estimate of drug-likeness (QED) is 0.0658. The van der Waals surface area contributed by atoms with Crippen molar-refractivity contribution in [2.24, 2.45) is 11.1 Å². The topological polar surface area (TPSA) is 242 Å². The van der Waals surface area contributed by atoms with Gasteiger partial charge in [0.2, 0.25) is 29.5 Å². The van der Waals surface area contributed by atoms with Crippen molar-refractivity contribution in [2.75, 3.05) is 25.1 Å². The van der Waals surface area contributed by atoms with Crippen LogP contribution in [0.2, 0.25) is 19.1 Å². The molecule has 0 spiro atoms. The number of rotatable bonds is 15. The maximum absolute atomic E-state index is 15.0. The van der Waals surface area contributed by atoms with Crippen LogP contribution in [0.4, 0.5) is 10.5 Å². The van der Waals surface area contributed by atoms with Gasteiger partial charge in [-0.1, -0.05) is 94.5 Å². The summed E-state index contributed by atoms with van der Waals surface area (Å²) in [7, 11) is -0.651. The fraction of sp³-hybridized carbons (Fsp3) is 0.492. The molecule has 82 heavy (non-hydrogen) atoms. The smallest absolute Gasteiger partial charge is 0.410 e. The fourth-order valence-corrected chi connectivity index (χ4v) is 14.5.